The van der Waals surface area contributed by atoms with Crippen molar-refractivity contribution in [3.8, 4) is 5.75 Å². The Hall–Kier alpha value is -1.06. The number of ether oxygens (including phenoxy) is 1. The predicted octanol–water partition coefficient (Wildman–Crippen LogP) is 3.78. The van der Waals surface area contributed by atoms with Crippen LogP contribution in [0, 0.1) is 0 Å². The van der Waals surface area contributed by atoms with Gasteiger partial charge in [0.1, 0.15) is 5.75 Å². The number of hydrogen-bond donors (Lipinski definition) is 2. The van der Waals surface area contributed by atoms with Crippen LogP contribution in [0.5, 0.6) is 5.75 Å². The van der Waals surface area contributed by atoms with E-state index in [-0.39, 0.29) is 11.6 Å². The summed E-state index contributed by atoms with van der Waals surface area (Å²) in [4.78, 5) is 0. The first-order chi connectivity index (χ1) is 9.60. The first kappa shape index (κ1) is 15.3. The number of hydrogen-bond acceptors (Lipinski definition) is 3. The van der Waals surface area contributed by atoms with Crippen molar-refractivity contribution in [2.24, 2.45) is 0 Å². The summed E-state index contributed by atoms with van der Waals surface area (Å²) in [5.41, 5.74) is 1.01. The van der Waals surface area contributed by atoms with E-state index in [1.165, 1.54) is 0 Å². The number of rotatable bonds is 5. The second-order valence-electron chi connectivity index (χ2n) is 5.88. The Morgan fingerprint density at radius 3 is 2.70 bits per heavy atom. The Labute approximate surface area is 122 Å². The van der Waals surface area contributed by atoms with E-state index in [0.29, 0.717) is 11.8 Å². The van der Waals surface area contributed by atoms with Crippen molar-refractivity contribution in [3.05, 3.63) is 29.8 Å². The van der Waals surface area contributed by atoms with Crippen LogP contribution in [0.1, 0.15) is 58.1 Å². The molecule has 0 aromatic heterocycles. The topological polar surface area (TPSA) is 41.5 Å². The molecule has 0 radical (unpaired) electrons. The van der Waals surface area contributed by atoms with E-state index in [1.54, 1.807) is 6.07 Å². The molecule has 1 aliphatic heterocycles. The van der Waals surface area contributed by atoms with Crippen LogP contribution in [0.2, 0.25) is 0 Å². The molecule has 20 heavy (non-hydrogen) atoms. The highest BCUT2D eigenvalue weighted by atomic mass is 16.5. The molecule has 0 bridgehead atoms. The van der Waals surface area contributed by atoms with E-state index in [9.17, 15) is 5.11 Å². The summed E-state index contributed by atoms with van der Waals surface area (Å²) in [6.45, 7) is 7.35. The summed E-state index contributed by atoms with van der Waals surface area (Å²) in [5, 5.41) is 13.6. The lowest BCUT2D eigenvalue weighted by Gasteiger charge is -2.41. The molecule has 1 aliphatic rings. The third-order valence-electron chi connectivity index (χ3n) is 4.67. The molecule has 0 saturated carbocycles. The van der Waals surface area contributed by atoms with E-state index in [4.69, 9.17) is 4.74 Å². The van der Waals surface area contributed by atoms with Crippen LogP contribution in [0.3, 0.4) is 0 Å². The van der Waals surface area contributed by atoms with E-state index < -0.39 is 0 Å². The third kappa shape index (κ3) is 3.33. The molecule has 2 atom stereocenters. The van der Waals surface area contributed by atoms with Crippen LogP contribution < -0.4 is 5.32 Å². The van der Waals surface area contributed by atoms with E-state index in [0.717, 1.165) is 37.9 Å². The van der Waals surface area contributed by atoms with E-state index in [1.807, 2.05) is 18.2 Å². The van der Waals surface area contributed by atoms with Gasteiger partial charge in [0.2, 0.25) is 0 Å². The first-order valence-corrected chi connectivity index (χ1v) is 7.78. The molecular formula is C17H27NO2. The molecule has 0 spiro atoms. The van der Waals surface area contributed by atoms with Crippen molar-refractivity contribution in [1.82, 2.24) is 5.32 Å². The lowest BCUT2D eigenvalue weighted by atomic mass is 9.85. The van der Waals surface area contributed by atoms with Gasteiger partial charge < -0.3 is 15.2 Å². The average Bonchev–Trinajstić information content (AvgIpc) is 2.47. The van der Waals surface area contributed by atoms with Gasteiger partial charge in [0.15, 0.2) is 0 Å². The third-order valence-corrected chi connectivity index (χ3v) is 4.67. The fraction of sp³-hybridized carbons (Fsp3) is 0.647. The Balaban J connectivity index is 2.01. The number of phenolic OH excluding ortho intramolecular Hbond substituents is 1. The van der Waals surface area contributed by atoms with Gasteiger partial charge in [-0.05, 0) is 38.7 Å². The molecule has 112 valence electrons. The second-order valence-corrected chi connectivity index (χ2v) is 5.88. The van der Waals surface area contributed by atoms with Gasteiger partial charge in [0, 0.05) is 24.3 Å². The monoisotopic (exact) mass is 277 g/mol. The lowest BCUT2D eigenvalue weighted by Crippen LogP contribution is -2.47. The highest BCUT2D eigenvalue weighted by Crippen LogP contribution is 2.33. The number of nitrogens with one attached hydrogen (secondary N) is 1. The maximum atomic E-state index is 9.94. The number of para-hydroxylation sites is 1. The zero-order valence-electron chi connectivity index (χ0n) is 12.9. The van der Waals surface area contributed by atoms with E-state index >= 15 is 0 Å². The Kier molecular flexibility index (Phi) is 5.06. The highest BCUT2D eigenvalue weighted by molar-refractivity contribution is 5.34. The van der Waals surface area contributed by atoms with Crippen LogP contribution in [-0.4, -0.2) is 23.4 Å². The molecule has 1 heterocycles. The van der Waals surface area contributed by atoms with Crippen LogP contribution >= 0.6 is 0 Å². The Morgan fingerprint density at radius 1 is 1.35 bits per heavy atom. The zero-order chi connectivity index (χ0) is 14.6. The first-order valence-electron chi connectivity index (χ1n) is 7.78. The maximum absolute atomic E-state index is 9.94. The van der Waals surface area contributed by atoms with Crippen molar-refractivity contribution in [1.29, 1.82) is 0 Å². The molecule has 1 fully saturated rings. The van der Waals surface area contributed by atoms with Gasteiger partial charge in [-0.25, -0.2) is 0 Å². The van der Waals surface area contributed by atoms with E-state index in [2.05, 4.69) is 26.1 Å². The standard InChI is InChI=1S/C17H27NO2/c1-4-17(5-2)12-14(10-11-20-17)18-13(3)15-8-6-7-9-16(15)19/h6-9,13-14,18-19H,4-5,10-12H2,1-3H3. The molecule has 2 rings (SSSR count). The molecule has 2 N–H and O–H groups in total. The fourth-order valence-corrected chi connectivity index (χ4v) is 3.21. The molecule has 0 aliphatic carbocycles. The average molecular weight is 277 g/mol. The molecule has 1 aromatic rings. The van der Waals surface area contributed by atoms with Gasteiger partial charge in [0.25, 0.3) is 0 Å². The quantitative estimate of drug-likeness (QED) is 0.860. The van der Waals surface area contributed by atoms with Gasteiger partial charge in [-0.1, -0.05) is 32.0 Å². The van der Waals surface area contributed by atoms with Crippen molar-refractivity contribution in [2.75, 3.05) is 6.61 Å². The summed E-state index contributed by atoms with van der Waals surface area (Å²) in [6, 6.07) is 8.18. The summed E-state index contributed by atoms with van der Waals surface area (Å²) >= 11 is 0. The van der Waals surface area contributed by atoms with Crippen LogP contribution in [0.4, 0.5) is 0 Å². The SMILES string of the molecule is CCC1(CC)CC(NC(C)c2ccccc2O)CCO1. The largest absolute Gasteiger partial charge is 0.508 e. The summed E-state index contributed by atoms with van der Waals surface area (Å²) in [5.74, 6) is 0.372. The predicted molar refractivity (Wildman–Crippen MR) is 81.9 cm³/mol. The van der Waals surface area contributed by atoms with Gasteiger partial charge in [-0.15, -0.1) is 0 Å². The summed E-state index contributed by atoms with van der Waals surface area (Å²) in [6.07, 6.45) is 4.22. The molecule has 1 aromatic carbocycles. The van der Waals surface area contributed by atoms with Crippen molar-refractivity contribution in [2.45, 2.75) is 64.1 Å². The van der Waals surface area contributed by atoms with Crippen LogP contribution in [0.15, 0.2) is 24.3 Å². The molecular weight excluding hydrogens is 250 g/mol. The Morgan fingerprint density at radius 2 is 2.05 bits per heavy atom. The Bertz CT molecular complexity index is 429. The zero-order valence-corrected chi connectivity index (χ0v) is 12.9. The number of phenols is 1. The fourth-order valence-electron chi connectivity index (χ4n) is 3.21. The summed E-state index contributed by atoms with van der Waals surface area (Å²) < 4.78 is 6.02. The number of benzene rings is 1. The van der Waals surface area contributed by atoms with Crippen molar-refractivity contribution < 1.29 is 9.84 Å². The minimum atomic E-state index is 0.0361. The van der Waals surface area contributed by atoms with Crippen molar-refractivity contribution in [3.63, 3.8) is 0 Å². The van der Waals surface area contributed by atoms with Crippen LogP contribution in [0.25, 0.3) is 0 Å². The van der Waals surface area contributed by atoms with Gasteiger partial charge in [-0.2, -0.15) is 0 Å². The van der Waals surface area contributed by atoms with Crippen molar-refractivity contribution >= 4 is 0 Å². The number of aromatic hydroxyl groups is 1. The lowest BCUT2D eigenvalue weighted by molar-refractivity contribution is -0.0939. The smallest absolute Gasteiger partial charge is 0.120 e. The molecule has 3 nitrogen and oxygen atoms in total. The van der Waals surface area contributed by atoms with Gasteiger partial charge >= 0.3 is 0 Å². The van der Waals surface area contributed by atoms with Gasteiger partial charge in [-0.3, -0.25) is 0 Å². The molecule has 3 heteroatoms. The minimum absolute atomic E-state index is 0.0361. The summed E-state index contributed by atoms with van der Waals surface area (Å²) in [7, 11) is 0. The van der Waals surface area contributed by atoms with Crippen LogP contribution in [-0.2, 0) is 4.74 Å². The second kappa shape index (κ2) is 6.59. The highest BCUT2D eigenvalue weighted by Gasteiger charge is 2.34. The van der Waals surface area contributed by atoms with Gasteiger partial charge in [0.05, 0.1) is 5.60 Å². The molecule has 0 amide bonds. The molecule has 2 unspecified atom stereocenters. The maximum Gasteiger partial charge on any atom is 0.120 e. The minimum Gasteiger partial charge on any atom is -0.508 e. The molecule has 1 saturated heterocycles. The normalized spacial score (nSPS) is 23.4.